The van der Waals surface area contributed by atoms with Gasteiger partial charge in [0.25, 0.3) is 0 Å². The molecule has 1 aliphatic rings. The van der Waals surface area contributed by atoms with E-state index < -0.39 is 5.97 Å². The van der Waals surface area contributed by atoms with Crippen LogP contribution in [0.1, 0.15) is 58.3 Å². The maximum Gasteiger partial charge on any atom is 0.303 e. The number of carbonyl (C=O) groups is 1. The Balaban J connectivity index is 2.13. The van der Waals surface area contributed by atoms with Gasteiger partial charge in [-0.05, 0) is 38.1 Å². The number of aliphatic hydroxyl groups excluding tert-OH is 1. The maximum atomic E-state index is 10.5. The molecule has 3 atom stereocenters. The van der Waals surface area contributed by atoms with Gasteiger partial charge in [-0.3, -0.25) is 4.79 Å². The van der Waals surface area contributed by atoms with Gasteiger partial charge in [0.2, 0.25) is 0 Å². The Morgan fingerprint density at radius 2 is 2.00 bits per heavy atom. The molecular formula is C14H27NO3. The molecule has 0 aromatic rings. The normalized spacial score (nSPS) is 26.6. The van der Waals surface area contributed by atoms with Crippen molar-refractivity contribution >= 4 is 5.97 Å². The lowest BCUT2D eigenvalue weighted by atomic mass is 10.0. The minimum atomic E-state index is -0.714. The molecule has 0 radical (unpaired) electrons. The number of aliphatic carboxylic acids is 1. The SMILES string of the molecule is CC(CCNC1CCCCCC1O)CCC(=O)O. The lowest BCUT2D eigenvalue weighted by Gasteiger charge is -2.22. The molecule has 0 bridgehead atoms. The lowest BCUT2D eigenvalue weighted by Crippen LogP contribution is -2.39. The quantitative estimate of drug-likeness (QED) is 0.611. The summed E-state index contributed by atoms with van der Waals surface area (Å²) < 4.78 is 0. The molecule has 4 nitrogen and oxygen atoms in total. The third-order valence-corrected chi connectivity index (χ3v) is 3.87. The van der Waals surface area contributed by atoms with E-state index in [-0.39, 0.29) is 18.6 Å². The highest BCUT2D eigenvalue weighted by atomic mass is 16.4. The predicted molar refractivity (Wildman–Crippen MR) is 71.5 cm³/mol. The van der Waals surface area contributed by atoms with E-state index in [2.05, 4.69) is 12.2 Å². The molecule has 1 fully saturated rings. The molecule has 3 unspecified atom stereocenters. The van der Waals surface area contributed by atoms with E-state index >= 15 is 0 Å². The highest BCUT2D eigenvalue weighted by Crippen LogP contribution is 2.18. The van der Waals surface area contributed by atoms with Crippen molar-refractivity contribution in [3.05, 3.63) is 0 Å². The fourth-order valence-corrected chi connectivity index (χ4v) is 2.56. The molecular weight excluding hydrogens is 230 g/mol. The number of aliphatic hydroxyl groups is 1. The average molecular weight is 257 g/mol. The monoisotopic (exact) mass is 257 g/mol. The molecule has 1 saturated carbocycles. The Hall–Kier alpha value is -0.610. The summed E-state index contributed by atoms with van der Waals surface area (Å²) >= 11 is 0. The van der Waals surface area contributed by atoms with Gasteiger partial charge < -0.3 is 15.5 Å². The molecule has 0 saturated heterocycles. The summed E-state index contributed by atoms with van der Waals surface area (Å²) in [6.45, 7) is 2.97. The van der Waals surface area contributed by atoms with Crippen molar-refractivity contribution in [1.82, 2.24) is 5.32 Å². The summed E-state index contributed by atoms with van der Waals surface area (Å²) in [5.74, 6) is -0.287. The predicted octanol–water partition coefficient (Wildman–Crippen LogP) is 2.16. The van der Waals surface area contributed by atoms with Gasteiger partial charge in [0.05, 0.1) is 6.10 Å². The van der Waals surface area contributed by atoms with Gasteiger partial charge in [-0.15, -0.1) is 0 Å². The van der Waals surface area contributed by atoms with Gasteiger partial charge in [0, 0.05) is 12.5 Å². The summed E-state index contributed by atoms with van der Waals surface area (Å²) in [4.78, 5) is 10.5. The fourth-order valence-electron chi connectivity index (χ4n) is 2.56. The molecule has 106 valence electrons. The van der Waals surface area contributed by atoms with Crippen LogP contribution in [-0.4, -0.2) is 34.9 Å². The lowest BCUT2D eigenvalue weighted by molar-refractivity contribution is -0.137. The first-order valence-electron chi connectivity index (χ1n) is 7.23. The van der Waals surface area contributed by atoms with Crippen LogP contribution in [0, 0.1) is 5.92 Å². The van der Waals surface area contributed by atoms with Crippen LogP contribution < -0.4 is 5.32 Å². The van der Waals surface area contributed by atoms with E-state index in [0.717, 1.165) is 38.6 Å². The van der Waals surface area contributed by atoms with Crippen LogP contribution in [0.3, 0.4) is 0 Å². The molecule has 1 aliphatic carbocycles. The third-order valence-electron chi connectivity index (χ3n) is 3.87. The van der Waals surface area contributed by atoms with Gasteiger partial charge >= 0.3 is 5.97 Å². The van der Waals surface area contributed by atoms with Crippen LogP contribution in [0.25, 0.3) is 0 Å². The second-order valence-electron chi connectivity index (χ2n) is 5.59. The maximum absolute atomic E-state index is 10.5. The first-order valence-corrected chi connectivity index (χ1v) is 7.23. The summed E-state index contributed by atoms with van der Waals surface area (Å²) in [5, 5.41) is 22.0. The Kier molecular flexibility index (Phi) is 7.28. The van der Waals surface area contributed by atoms with Gasteiger partial charge in [-0.2, -0.15) is 0 Å². The van der Waals surface area contributed by atoms with Crippen LogP contribution in [0.4, 0.5) is 0 Å². The second kappa shape index (κ2) is 8.48. The number of rotatable bonds is 7. The molecule has 18 heavy (non-hydrogen) atoms. The molecule has 0 aliphatic heterocycles. The van der Waals surface area contributed by atoms with E-state index in [0.29, 0.717) is 5.92 Å². The number of carboxylic acid groups (broad SMARTS) is 1. The highest BCUT2D eigenvalue weighted by Gasteiger charge is 2.20. The Morgan fingerprint density at radius 3 is 2.72 bits per heavy atom. The van der Waals surface area contributed by atoms with Crippen LogP contribution in [0.5, 0.6) is 0 Å². The Labute approximate surface area is 110 Å². The Morgan fingerprint density at radius 1 is 1.28 bits per heavy atom. The Bertz CT molecular complexity index is 245. The van der Waals surface area contributed by atoms with Gasteiger partial charge in [-0.1, -0.05) is 26.2 Å². The van der Waals surface area contributed by atoms with Gasteiger partial charge in [0.15, 0.2) is 0 Å². The molecule has 0 aromatic carbocycles. The van der Waals surface area contributed by atoms with Crippen LogP contribution in [0.15, 0.2) is 0 Å². The van der Waals surface area contributed by atoms with Crippen molar-refractivity contribution in [3.63, 3.8) is 0 Å². The zero-order chi connectivity index (χ0) is 13.4. The van der Waals surface area contributed by atoms with Gasteiger partial charge in [0.1, 0.15) is 0 Å². The molecule has 1 rings (SSSR count). The van der Waals surface area contributed by atoms with Crippen LogP contribution in [0.2, 0.25) is 0 Å². The summed E-state index contributed by atoms with van der Waals surface area (Å²) in [5.41, 5.74) is 0. The molecule has 0 spiro atoms. The van der Waals surface area contributed by atoms with E-state index in [4.69, 9.17) is 5.11 Å². The summed E-state index contributed by atoms with van der Waals surface area (Å²) in [6.07, 6.45) is 7.30. The standard InChI is InChI=1S/C14H27NO3/c1-11(7-8-14(17)18)9-10-15-12-5-3-2-4-6-13(12)16/h11-13,15-16H,2-10H2,1H3,(H,17,18). The molecule has 0 heterocycles. The number of hydrogen-bond acceptors (Lipinski definition) is 3. The van der Waals surface area contributed by atoms with Crippen molar-refractivity contribution in [2.24, 2.45) is 5.92 Å². The second-order valence-corrected chi connectivity index (χ2v) is 5.59. The zero-order valence-corrected chi connectivity index (χ0v) is 11.4. The average Bonchev–Trinajstić information content (AvgIpc) is 2.52. The van der Waals surface area contributed by atoms with Crippen molar-refractivity contribution in [2.45, 2.75) is 70.4 Å². The van der Waals surface area contributed by atoms with Crippen molar-refractivity contribution in [1.29, 1.82) is 0 Å². The molecule has 3 N–H and O–H groups in total. The van der Waals surface area contributed by atoms with E-state index in [1.807, 2.05) is 0 Å². The summed E-state index contributed by atoms with van der Waals surface area (Å²) in [7, 11) is 0. The van der Waals surface area contributed by atoms with E-state index in [1.165, 1.54) is 12.8 Å². The zero-order valence-electron chi connectivity index (χ0n) is 11.4. The largest absolute Gasteiger partial charge is 0.481 e. The third kappa shape index (κ3) is 6.36. The number of hydrogen-bond donors (Lipinski definition) is 3. The minimum absolute atomic E-state index is 0.207. The highest BCUT2D eigenvalue weighted by molar-refractivity contribution is 5.66. The fraction of sp³-hybridized carbons (Fsp3) is 0.929. The first kappa shape index (κ1) is 15.4. The first-order chi connectivity index (χ1) is 8.59. The van der Waals surface area contributed by atoms with Crippen LogP contribution in [-0.2, 0) is 4.79 Å². The molecule has 0 amide bonds. The number of nitrogens with one attached hydrogen (secondary N) is 1. The number of carboxylic acids is 1. The van der Waals surface area contributed by atoms with E-state index in [9.17, 15) is 9.90 Å². The van der Waals surface area contributed by atoms with Crippen molar-refractivity contribution in [2.75, 3.05) is 6.54 Å². The summed E-state index contributed by atoms with van der Waals surface area (Å²) in [6, 6.07) is 0.235. The van der Waals surface area contributed by atoms with Crippen LogP contribution >= 0.6 is 0 Å². The van der Waals surface area contributed by atoms with Gasteiger partial charge in [-0.25, -0.2) is 0 Å². The van der Waals surface area contributed by atoms with Crippen molar-refractivity contribution in [3.8, 4) is 0 Å². The molecule has 0 aromatic heterocycles. The molecule has 4 heteroatoms. The minimum Gasteiger partial charge on any atom is -0.481 e. The van der Waals surface area contributed by atoms with E-state index in [1.54, 1.807) is 0 Å². The smallest absolute Gasteiger partial charge is 0.303 e. The van der Waals surface area contributed by atoms with Crippen molar-refractivity contribution < 1.29 is 15.0 Å². The topological polar surface area (TPSA) is 69.6 Å².